The second-order valence-electron chi connectivity index (χ2n) is 3.18. The molecule has 0 amide bonds. The van der Waals surface area contributed by atoms with Gasteiger partial charge in [0.25, 0.3) is 0 Å². The van der Waals surface area contributed by atoms with E-state index >= 15 is 0 Å². The van der Waals surface area contributed by atoms with E-state index in [4.69, 9.17) is 9.84 Å². The molecule has 0 aliphatic carbocycles. The molecule has 1 aromatic heterocycles. The molecule has 0 unspecified atom stereocenters. The minimum atomic E-state index is -0.957. The van der Waals surface area contributed by atoms with Gasteiger partial charge in [0.15, 0.2) is 5.75 Å². The van der Waals surface area contributed by atoms with Crippen LogP contribution in [-0.2, 0) is 0 Å². The molecule has 0 atom stereocenters. The van der Waals surface area contributed by atoms with Crippen LogP contribution in [0, 0.1) is 0 Å². The Balaban J connectivity index is 2.40. The Labute approximate surface area is 91.9 Å². The average molecular weight is 218 g/mol. The van der Waals surface area contributed by atoms with Crippen molar-refractivity contribution in [2.75, 3.05) is 7.11 Å². The van der Waals surface area contributed by atoms with E-state index in [1.165, 1.54) is 6.07 Å². The molecule has 0 radical (unpaired) electrons. The van der Waals surface area contributed by atoms with E-state index in [-0.39, 0.29) is 5.56 Å². The Bertz CT molecular complexity index is 519. The Morgan fingerprint density at radius 3 is 2.94 bits per heavy atom. The lowest BCUT2D eigenvalue weighted by Gasteiger charge is -2.01. The van der Waals surface area contributed by atoms with Crippen LogP contribution in [0.4, 0.5) is 0 Å². The van der Waals surface area contributed by atoms with E-state index in [2.05, 4.69) is 5.10 Å². The highest BCUT2D eigenvalue weighted by molar-refractivity contribution is 5.88. The number of hydrogen-bond acceptors (Lipinski definition) is 3. The maximum absolute atomic E-state index is 10.8. The number of methoxy groups -OCH3 is 1. The molecule has 0 saturated carbocycles. The molecule has 82 valence electrons. The number of aromatic carboxylic acids is 1. The maximum atomic E-state index is 10.8. The van der Waals surface area contributed by atoms with Crippen molar-refractivity contribution in [2.24, 2.45) is 0 Å². The number of carboxylic acid groups (broad SMARTS) is 1. The standard InChI is InChI=1S/C11H10N2O3/c1-16-10-6-12-13(7-10)9-4-2-3-8(5-9)11(14)15/h2-7H,1H3,(H,14,15). The summed E-state index contributed by atoms with van der Waals surface area (Å²) in [6.45, 7) is 0. The van der Waals surface area contributed by atoms with Gasteiger partial charge in [-0.2, -0.15) is 5.10 Å². The smallest absolute Gasteiger partial charge is 0.335 e. The van der Waals surface area contributed by atoms with E-state index in [0.29, 0.717) is 11.4 Å². The second-order valence-corrected chi connectivity index (χ2v) is 3.18. The Kier molecular flexibility index (Phi) is 2.59. The Morgan fingerprint density at radius 1 is 1.50 bits per heavy atom. The van der Waals surface area contributed by atoms with Gasteiger partial charge in [0.05, 0.1) is 30.8 Å². The van der Waals surface area contributed by atoms with E-state index in [1.54, 1.807) is 42.4 Å². The van der Waals surface area contributed by atoms with Crippen LogP contribution in [0.5, 0.6) is 5.75 Å². The van der Waals surface area contributed by atoms with Crippen molar-refractivity contribution in [1.82, 2.24) is 9.78 Å². The minimum absolute atomic E-state index is 0.229. The average Bonchev–Trinajstić information content (AvgIpc) is 2.77. The van der Waals surface area contributed by atoms with Gasteiger partial charge >= 0.3 is 5.97 Å². The molecule has 0 saturated heterocycles. The molecule has 1 N–H and O–H groups in total. The van der Waals surface area contributed by atoms with Crippen molar-refractivity contribution < 1.29 is 14.6 Å². The summed E-state index contributed by atoms with van der Waals surface area (Å²) in [5.41, 5.74) is 0.912. The number of aromatic nitrogens is 2. The van der Waals surface area contributed by atoms with Crippen molar-refractivity contribution in [3.8, 4) is 11.4 Å². The van der Waals surface area contributed by atoms with Crippen LogP contribution in [0.1, 0.15) is 10.4 Å². The van der Waals surface area contributed by atoms with Crippen molar-refractivity contribution >= 4 is 5.97 Å². The summed E-state index contributed by atoms with van der Waals surface area (Å²) in [5.74, 6) is -0.332. The molecule has 1 heterocycles. The summed E-state index contributed by atoms with van der Waals surface area (Å²) < 4.78 is 6.56. The van der Waals surface area contributed by atoms with Crippen molar-refractivity contribution in [1.29, 1.82) is 0 Å². The lowest BCUT2D eigenvalue weighted by molar-refractivity contribution is 0.0697. The fraction of sp³-hybridized carbons (Fsp3) is 0.0909. The molecule has 2 rings (SSSR count). The lowest BCUT2D eigenvalue weighted by Crippen LogP contribution is -1.99. The van der Waals surface area contributed by atoms with Crippen LogP contribution >= 0.6 is 0 Å². The van der Waals surface area contributed by atoms with E-state index in [1.807, 2.05) is 0 Å². The van der Waals surface area contributed by atoms with Gasteiger partial charge in [0.1, 0.15) is 0 Å². The third-order valence-electron chi connectivity index (χ3n) is 2.15. The zero-order valence-corrected chi connectivity index (χ0v) is 8.62. The van der Waals surface area contributed by atoms with Crippen molar-refractivity contribution in [3.63, 3.8) is 0 Å². The number of carboxylic acids is 1. The first kappa shape index (κ1) is 10.2. The van der Waals surface area contributed by atoms with Gasteiger partial charge in [0, 0.05) is 0 Å². The van der Waals surface area contributed by atoms with E-state index < -0.39 is 5.97 Å². The van der Waals surface area contributed by atoms with Gasteiger partial charge in [-0.25, -0.2) is 9.48 Å². The lowest BCUT2D eigenvalue weighted by atomic mass is 10.2. The predicted molar refractivity (Wildman–Crippen MR) is 57.1 cm³/mol. The first-order valence-corrected chi connectivity index (χ1v) is 4.63. The largest absolute Gasteiger partial charge is 0.493 e. The molecule has 0 bridgehead atoms. The summed E-state index contributed by atoms with van der Waals surface area (Å²) in [6.07, 6.45) is 3.24. The zero-order chi connectivity index (χ0) is 11.5. The molecule has 16 heavy (non-hydrogen) atoms. The summed E-state index contributed by atoms with van der Waals surface area (Å²) in [6, 6.07) is 6.53. The van der Waals surface area contributed by atoms with E-state index in [9.17, 15) is 4.79 Å². The summed E-state index contributed by atoms with van der Waals surface area (Å²) >= 11 is 0. The minimum Gasteiger partial charge on any atom is -0.493 e. The molecular formula is C11H10N2O3. The summed E-state index contributed by atoms with van der Waals surface area (Å²) in [4.78, 5) is 10.8. The topological polar surface area (TPSA) is 64.4 Å². The van der Waals surface area contributed by atoms with Crippen molar-refractivity contribution in [3.05, 3.63) is 42.2 Å². The van der Waals surface area contributed by atoms with Crippen LogP contribution < -0.4 is 4.74 Å². The van der Waals surface area contributed by atoms with Crippen LogP contribution in [0.2, 0.25) is 0 Å². The molecule has 5 nitrogen and oxygen atoms in total. The number of carbonyl (C=O) groups is 1. The maximum Gasteiger partial charge on any atom is 0.335 e. The molecule has 0 fully saturated rings. The predicted octanol–water partition coefficient (Wildman–Crippen LogP) is 1.58. The number of rotatable bonds is 3. The third kappa shape index (κ3) is 1.88. The van der Waals surface area contributed by atoms with Crippen LogP contribution in [-0.4, -0.2) is 28.0 Å². The molecule has 0 aliphatic heterocycles. The molecule has 1 aromatic carbocycles. The number of hydrogen-bond donors (Lipinski definition) is 1. The van der Waals surface area contributed by atoms with Crippen molar-refractivity contribution in [2.45, 2.75) is 0 Å². The summed E-state index contributed by atoms with van der Waals surface area (Å²) in [7, 11) is 1.55. The van der Waals surface area contributed by atoms with Gasteiger partial charge in [-0.05, 0) is 18.2 Å². The monoisotopic (exact) mass is 218 g/mol. The highest BCUT2D eigenvalue weighted by atomic mass is 16.5. The quantitative estimate of drug-likeness (QED) is 0.849. The highest BCUT2D eigenvalue weighted by Crippen LogP contribution is 2.14. The highest BCUT2D eigenvalue weighted by Gasteiger charge is 2.05. The Hall–Kier alpha value is -2.30. The van der Waals surface area contributed by atoms with Crippen LogP contribution in [0.25, 0.3) is 5.69 Å². The third-order valence-corrected chi connectivity index (χ3v) is 2.15. The van der Waals surface area contributed by atoms with Gasteiger partial charge in [-0.15, -0.1) is 0 Å². The summed E-state index contributed by atoms with van der Waals surface area (Å²) in [5, 5.41) is 12.9. The SMILES string of the molecule is COc1cnn(-c2cccc(C(=O)O)c2)c1. The van der Waals surface area contributed by atoms with Gasteiger partial charge in [-0.3, -0.25) is 0 Å². The van der Waals surface area contributed by atoms with Gasteiger partial charge < -0.3 is 9.84 Å². The van der Waals surface area contributed by atoms with E-state index in [0.717, 1.165) is 0 Å². The number of nitrogens with zero attached hydrogens (tertiary/aromatic N) is 2. The molecule has 2 aromatic rings. The molecule has 5 heteroatoms. The van der Waals surface area contributed by atoms with Crippen LogP contribution in [0.15, 0.2) is 36.7 Å². The normalized spacial score (nSPS) is 10.1. The zero-order valence-electron chi connectivity index (χ0n) is 8.62. The molecule has 0 spiro atoms. The number of ether oxygens (including phenoxy) is 1. The molecule has 0 aliphatic rings. The molecular weight excluding hydrogens is 208 g/mol. The second kappa shape index (κ2) is 4.06. The van der Waals surface area contributed by atoms with Crippen LogP contribution in [0.3, 0.4) is 0 Å². The fourth-order valence-electron chi connectivity index (χ4n) is 1.33. The first-order valence-electron chi connectivity index (χ1n) is 4.63. The number of benzene rings is 1. The first-order chi connectivity index (χ1) is 7.70. The van der Waals surface area contributed by atoms with Gasteiger partial charge in [0.2, 0.25) is 0 Å². The Morgan fingerprint density at radius 2 is 2.31 bits per heavy atom. The van der Waals surface area contributed by atoms with Gasteiger partial charge in [-0.1, -0.05) is 6.07 Å². The fourth-order valence-corrected chi connectivity index (χ4v) is 1.33.